The van der Waals surface area contributed by atoms with E-state index >= 15 is 0 Å². The van der Waals surface area contributed by atoms with Gasteiger partial charge in [0.05, 0.1) is 16.6 Å². The number of ether oxygens (including phenoxy) is 1. The van der Waals surface area contributed by atoms with Crippen molar-refractivity contribution in [2.45, 2.75) is 39.2 Å². The Bertz CT molecular complexity index is 953. The number of fused-ring (bicyclic) bond motifs is 1. The number of amides is 1. The van der Waals surface area contributed by atoms with Gasteiger partial charge in [0.1, 0.15) is 6.10 Å². The molecule has 1 amide bonds. The molecular formula is C22H23ClN2O2S. The summed E-state index contributed by atoms with van der Waals surface area (Å²) in [6.07, 6.45) is 2.19. The van der Waals surface area contributed by atoms with Gasteiger partial charge < -0.3 is 9.64 Å². The Morgan fingerprint density at radius 2 is 1.82 bits per heavy atom. The van der Waals surface area contributed by atoms with Crippen LogP contribution >= 0.6 is 22.9 Å². The van der Waals surface area contributed by atoms with Crippen LogP contribution in [0.15, 0.2) is 36.4 Å². The van der Waals surface area contributed by atoms with Crippen LogP contribution in [-0.2, 0) is 11.2 Å². The van der Waals surface area contributed by atoms with Gasteiger partial charge in [-0.1, -0.05) is 47.2 Å². The van der Waals surface area contributed by atoms with E-state index in [9.17, 15) is 4.79 Å². The molecule has 0 spiro atoms. The second-order valence-electron chi connectivity index (χ2n) is 7.36. The molecule has 1 fully saturated rings. The van der Waals surface area contributed by atoms with Crippen molar-refractivity contribution in [2.24, 2.45) is 0 Å². The number of hydrogen-bond donors (Lipinski definition) is 0. The van der Waals surface area contributed by atoms with Crippen molar-refractivity contribution in [1.82, 2.24) is 9.88 Å². The first-order valence-electron chi connectivity index (χ1n) is 9.55. The molecule has 0 unspecified atom stereocenters. The number of carbonyl (C=O) groups is 1. The summed E-state index contributed by atoms with van der Waals surface area (Å²) in [7, 11) is 0. The highest BCUT2D eigenvalue weighted by atomic mass is 35.5. The van der Waals surface area contributed by atoms with Crippen molar-refractivity contribution in [3.05, 3.63) is 58.1 Å². The van der Waals surface area contributed by atoms with Crippen molar-refractivity contribution >= 4 is 39.1 Å². The maximum atomic E-state index is 12.6. The number of hydrogen-bond acceptors (Lipinski definition) is 4. The third-order valence-electron chi connectivity index (χ3n) is 5.25. The highest BCUT2D eigenvalue weighted by Crippen LogP contribution is 2.33. The first-order chi connectivity index (χ1) is 13.5. The first kappa shape index (κ1) is 19.2. The summed E-state index contributed by atoms with van der Waals surface area (Å²) in [5, 5.41) is 1.42. The lowest BCUT2D eigenvalue weighted by atomic mass is 10.1. The molecule has 3 aromatic rings. The van der Waals surface area contributed by atoms with Crippen LogP contribution < -0.4 is 4.74 Å². The molecule has 0 aliphatic carbocycles. The van der Waals surface area contributed by atoms with Crippen LogP contribution in [0.2, 0.25) is 5.02 Å². The van der Waals surface area contributed by atoms with E-state index in [1.165, 1.54) is 15.8 Å². The largest absolute Gasteiger partial charge is 0.467 e. The molecule has 1 aliphatic heterocycles. The Hall–Kier alpha value is -2.11. The molecule has 4 rings (SSSR count). The fraction of sp³-hybridized carbons (Fsp3) is 0.364. The molecule has 1 aliphatic rings. The maximum Gasteiger partial charge on any atom is 0.274 e. The zero-order valence-corrected chi connectivity index (χ0v) is 17.6. The average molecular weight is 415 g/mol. The van der Waals surface area contributed by atoms with Gasteiger partial charge in [-0.15, -0.1) is 0 Å². The van der Waals surface area contributed by atoms with Crippen LogP contribution in [-0.4, -0.2) is 35.0 Å². The van der Waals surface area contributed by atoms with Crippen LogP contribution in [0.25, 0.3) is 10.2 Å². The zero-order chi connectivity index (χ0) is 19.7. The SMILES string of the molecule is Cc1ccc(C)c2sc(OC3CCN(C(=O)Cc4ccc(Cl)cc4)CC3)nc12. The minimum absolute atomic E-state index is 0.112. The third-order valence-corrected chi connectivity index (χ3v) is 6.59. The van der Waals surface area contributed by atoms with Crippen molar-refractivity contribution < 1.29 is 9.53 Å². The Morgan fingerprint density at radius 3 is 2.50 bits per heavy atom. The topological polar surface area (TPSA) is 42.4 Å². The Labute approximate surface area is 174 Å². The number of aromatic nitrogens is 1. The fourth-order valence-electron chi connectivity index (χ4n) is 3.54. The highest BCUT2D eigenvalue weighted by Gasteiger charge is 2.25. The normalized spacial score (nSPS) is 15.2. The quantitative estimate of drug-likeness (QED) is 0.590. The summed E-state index contributed by atoms with van der Waals surface area (Å²) in [5.74, 6) is 0.159. The van der Waals surface area contributed by atoms with E-state index in [4.69, 9.17) is 16.3 Å². The average Bonchev–Trinajstić information content (AvgIpc) is 3.12. The Morgan fingerprint density at radius 1 is 1.14 bits per heavy atom. The van der Waals surface area contributed by atoms with Gasteiger partial charge >= 0.3 is 0 Å². The Balaban J connectivity index is 1.34. The standard InChI is InChI=1S/C22H23ClN2O2S/c1-14-3-4-15(2)21-20(14)24-22(28-21)27-18-9-11-25(12-10-18)19(26)13-16-5-7-17(23)8-6-16/h3-8,18H,9-13H2,1-2H3. The van der Waals surface area contributed by atoms with Gasteiger partial charge in [-0.3, -0.25) is 4.79 Å². The number of piperidine rings is 1. The molecule has 4 nitrogen and oxygen atoms in total. The van der Waals surface area contributed by atoms with Crippen molar-refractivity contribution in [2.75, 3.05) is 13.1 Å². The lowest BCUT2D eigenvalue weighted by Crippen LogP contribution is -2.42. The number of nitrogens with zero attached hydrogens (tertiary/aromatic N) is 2. The van der Waals surface area contributed by atoms with Crippen molar-refractivity contribution in [3.8, 4) is 5.19 Å². The molecule has 0 N–H and O–H groups in total. The summed E-state index contributed by atoms with van der Waals surface area (Å²) in [5.41, 5.74) is 4.44. The number of thiazole rings is 1. The highest BCUT2D eigenvalue weighted by molar-refractivity contribution is 7.20. The molecule has 6 heteroatoms. The van der Waals surface area contributed by atoms with Gasteiger partial charge in [0, 0.05) is 31.0 Å². The lowest BCUT2D eigenvalue weighted by Gasteiger charge is -2.31. The van der Waals surface area contributed by atoms with E-state index in [1.54, 1.807) is 11.3 Å². The second kappa shape index (κ2) is 8.10. The second-order valence-corrected chi connectivity index (χ2v) is 8.76. The number of aryl methyl sites for hydroxylation is 2. The van der Waals surface area contributed by atoms with E-state index in [2.05, 4.69) is 31.0 Å². The molecule has 2 heterocycles. The number of halogens is 1. The van der Waals surface area contributed by atoms with E-state index in [1.807, 2.05) is 29.2 Å². The van der Waals surface area contributed by atoms with Crippen LogP contribution in [0.5, 0.6) is 5.19 Å². The number of benzene rings is 2. The summed E-state index contributed by atoms with van der Waals surface area (Å²) in [6, 6.07) is 11.7. The number of rotatable bonds is 4. The molecule has 28 heavy (non-hydrogen) atoms. The number of likely N-dealkylation sites (tertiary alicyclic amines) is 1. The summed E-state index contributed by atoms with van der Waals surface area (Å²) in [6.45, 7) is 5.63. The molecule has 0 bridgehead atoms. The molecule has 0 atom stereocenters. The van der Waals surface area contributed by atoms with Crippen LogP contribution in [0.4, 0.5) is 0 Å². The molecule has 2 aromatic carbocycles. The molecule has 1 saturated heterocycles. The van der Waals surface area contributed by atoms with Gasteiger partial charge in [0.25, 0.3) is 5.19 Å². The van der Waals surface area contributed by atoms with Gasteiger partial charge in [-0.05, 0) is 42.7 Å². The zero-order valence-electron chi connectivity index (χ0n) is 16.1. The van der Waals surface area contributed by atoms with Crippen LogP contribution in [0.3, 0.4) is 0 Å². The van der Waals surface area contributed by atoms with Crippen LogP contribution in [0, 0.1) is 13.8 Å². The monoisotopic (exact) mass is 414 g/mol. The van der Waals surface area contributed by atoms with E-state index in [0.29, 0.717) is 11.4 Å². The predicted octanol–water partition coefficient (Wildman–Crippen LogP) is 5.18. The molecule has 0 radical (unpaired) electrons. The summed E-state index contributed by atoms with van der Waals surface area (Å²) in [4.78, 5) is 19.2. The third kappa shape index (κ3) is 4.15. The summed E-state index contributed by atoms with van der Waals surface area (Å²) < 4.78 is 7.36. The molecule has 1 aromatic heterocycles. The van der Waals surface area contributed by atoms with Gasteiger partial charge in [-0.2, -0.15) is 0 Å². The van der Waals surface area contributed by atoms with Crippen LogP contribution in [0.1, 0.15) is 29.5 Å². The van der Waals surface area contributed by atoms with Gasteiger partial charge in [0.15, 0.2) is 0 Å². The molecule has 146 valence electrons. The van der Waals surface area contributed by atoms with Gasteiger partial charge in [0.2, 0.25) is 5.91 Å². The fourth-order valence-corrected chi connectivity index (χ4v) is 4.70. The number of carbonyl (C=O) groups excluding carboxylic acids is 1. The molecule has 0 saturated carbocycles. The van der Waals surface area contributed by atoms with E-state index in [-0.39, 0.29) is 12.0 Å². The minimum atomic E-state index is 0.112. The minimum Gasteiger partial charge on any atom is -0.467 e. The van der Waals surface area contributed by atoms with E-state index in [0.717, 1.165) is 42.2 Å². The van der Waals surface area contributed by atoms with Crippen molar-refractivity contribution in [1.29, 1.82) is 0 Å². The summed E-state index contributed by atoms with van der Waals surface area (Å²) >= 11 is 7.53. The maximum absolute atomic E-state index is 12.6. The molecular weight excluding hydrogens is 392 g/mol. The predicted molar refractivity (Wildman–Crippen MR) is 114 cm³/mol. The van der Waals surface area contributed by atoms with E-state index < -0.39 is 0 Å². The first-order valence-corrected chi connectivity index (χ1v) is 10.7. The smallest absolute Gasteiger partial charge is 0.274 e. The lowest BCUT2D eigenvalue weighted by molar-refractivity contribution is -0.132. The Kier molecular flexibility index (Phi) is 5.56. The van der Waals surface area contributed by atoms with Crippen molar-refractivity contribution in [3.63, 3.8) is 0 Å². The van der Waals surface area contributed by atoms with Gasteiger partial charge in [-0.25, -0.2) is 4.98 Å².